The number of fused-ring (bicyclic) bond motifs is 1. The first-order valence-corrected chi connectivity index (χ1v) is 12.0. The van der Waals surface area contributed by atoms with E-state index < -0.39 is 0 Å². The average Bonchev–Trinajstić information content (AvgIpc) is 3.48. The molecule has 0 bridgehead atoms. The number of benzene rings is 1. The molecule has 168 valence electrons. The van der Waals surface area contributed by atoms with E-state index in [0.717, 1.165) is 47.0 Å². The maximum Gasteiger partial charge on any atom is 0.280 e. The zero-order chi connectivity index (χ0) is 22.8. The van der Waals surface area contributed by atoms with Gasteiger partial charge in [0.15, 0.2) is 5.01 Å². The predicted molar refractivity (Wildman–Crippen MR) is 130 cm³/mol. The Bertz CT molecular complexity index is 1300. The average molecular weight is 480 g/mol. The Hall–Kier alpha value is -3.23. The van der Waals surface area contributed by atoms with Crippen LogP contribution in [0, 0.1) is 0 Å². The number of aromatic nitrogens is 3. The van der Waals surface area contributed by atoms with Crippen LogP contribution in [0.15, 0.2) is 55.0 Å². The second kappa shape index (κ2) is 9.33. The molecule has 4 aromatic rings. The predicted octanol–water partition coefficient (Wildman–Crippen LogP) is 4.81. The van der Waals surface area contributed by atoms with Crippen LogP contribution in [-0.4, -0.2) is 38.8 Å². The van der Waals surface area contributed by atoms with Crippen LogP contribution >= 0.6 is 22.9 Å². The molecule has 2 atom stereocenters. The van der Waals surface area contributed by atoms with E-state index in [1.165, 1.54) is 11.3 Å². The van der Waals surface area contributed by atoms with Crippen LogP contribution in [0.1, 0.15) is 46.0 Å². The quantitative estimate of drug-likeness (QED) is 0.382. The highest BCUT2D eigenvalue weighted by molar-refractivity contribution is 7.16. The second-order valence-corrected chi connectivity index (χ2v) is 9.59. The fourth-order valence-electron chi connectivity index (χ4n) is 4.21. The number of hydrogen-bond donors (Lipinski definition) is 3. The summed E-state index contributed by atoms with van der Waals surface area (Å²) in [6, 6.07) is 10.7. The Morgan fingerprint density at radius 2 is 1.73 bits per heavy atom. The summed E-state index contributed by atoms with van der Waals surface area (Å²) < 4.78 is 0. The van der Waals surface area contributed by atoms with Crippen molar-refractivity contribution in [3.63, 3.8) is 0 Å². The van der Waals surface area contributed by atoms with Crippen molar-refractivity contribution in [2.75, 3.05) is 0 Å². The van der Waals surface area contributed by atoms with Crippen molar-refractivity contribution in [3.8, 4) is 10.4 Å². The summed E-state index contributed by atoms with van der Waals surface area (Å²) in [6.07, 6.45) is 8.75. The molecule has 33 heavy (non-hydrogen) atoms. The third kappa shape index (κ3) is 4.77. The summed E-state index contributed by atoms with van der Waals surface area (Å²) in [6.45, 7) is 0. The van der Waals surface area contributed by atoms with Crippen molar-refractivity contribution in [1.29, 1.82) is 0 Å². The lowest BCUT2D eigenvalue weighted by Gasteiger charge is -2.32. The molecular formula is C24H22ClN5O2S. The largest absolute Gasteiger partial charge is 0.351 e. The molecule has 5 rings (SSSR count). The van der Waals surface area contributed by atoms with Gasteiger partial charge in [-0.3, -0.25) is 14.6 Å². The molecule has 0 radical (unpaired) electrons. The molecule has 1 fully saturated rings. The number of aromatic amines is 1. The maximum absolute atomic E-state index is 12.9. The molecule has 1 aromatic carbocycles. The van der Waals surface area contributed by atoms with E-state index in [-0.39, 0.29) is 23.9 Å². The summed E-state index contributed by atoms with van der Waals surface area (Å²) in [4.78, 5) is 38.2. The third-order valence-corrected chi connectivity index (χ3v) is 7.17. The molecule has 0 saturated heterocycles. The van der Waals surface area contributed by atoms with Crippen molar-refractivity contribution in [1.82, 2.24) is 25.6 Å². The van der Waals surface area contributed by atoms with E-state index in [9.17, 15) is 9.59 Å². The van der Waals surface area contributed by atoms with E-state index in [1.807, 2.05) is 24.3 Å². The number of halogens is 1. The minimum absolute atomic E-state index is 0.148. The van der Waals surface area contributed by atoms with Crippen LogP contribution in [0.3, 0.4) is 0 Å². The van der Waals surface area contributed by atoms with Gasteiger partial charge >= 0.3 is 0 Å². The van der Waals surface area contributed by atoms with Crippen LogP contribution in [0.5, 0.6) is 0 Å². The Balaban J connectivity index is 1.27. The standard InChI is InChI=1S/C24H22ClN5O2S/c25-16-5-6-17-15(11-16)12-20(28-17)22(31)29-18-3-1-2-4-19(18)30-23(32)24-27-13-21(33-24)14-7-9-26-10-8-14/h5-13,18-19,28H,1-4H2,(H,29,31)(H,30,32)/t18-,19-/m1/s1. The van der Waals surface area contributed by atoms with Gasteiger partial charge in [-0.05, 0) is 54.8 Å². The molecule has 7 nitrogen and oxygen atoms in total. The number of rotatable bonds is 5. The topological polar surface area (TPSA) is 99.8 Å². The SMILES string of the molecule is O=C(N[C@@H]1CCCC[C@H]1NC(=O)c1ncc(-c2ccncc2)s1)c1cc2cc(Cl)ccc2[nH]1. The number of H-pyrrole nitrogens is 1. The summed E-state index contributed by atoms with van der Waals surface area (Å²) >= 11 is 7.40. The fraction of sp³-hybridized carbons (Fsp3) is 0.250. The van der Waals surface area contributed by atoms with Gasteiger partial charge in [0.05, 0.1) is 4.88 Å². The van der Waals surface area contributed by atoms with Gasteiger partial charge in [-0.15, -0.1) is 11.3 Å². The lowest BCUT2D eigenvalue weighted by Crippen LogP contribution is -2.53. The summed E-state index contributed by atoms with van der Waals surface area (Å²) in [7, 11) is 0. The first-order valence-electron chi connectivity index (χ1n) is 10.8. The zero-order valence-electron chi connectivity index (χ0n) is 17.7. The highest BCUT2D eigenvalue weighted by atomic mass is 35.5. The Kier molecular flexibility index (Phi) is 6.11. The number of hydrogen-bond acceptors (Lipinski definition) is 5. The van der Waals surface area contributed by atoms with Gasteiger partial charge in [0.25, 0.3) is 11.8 Å². The molecule has 0 unspecified atom stereocenters. The van der Waals surface area contributed by atoms with E-state index in [0.29, 0.717) is 15.7 Å². The van der Waals surface area contributed by atoms with E-state index in [1.54, 1.807) is 30.7 Å². The number of amides is 2. The molecule has 9 heteroatoms. The fourth-order valence-corrected chi connectivity index (χ4v) is 5.21. The van der Waals surface area contributed by atoms with E-state index in [4.69, 9.17) is 11.6 Å². The van der Waals surface area contributed by atoms with Gasteiger partial charge in [0.1, 0.15) is 5.69 Å². The minimum Gasteiger partial charge on any atom is -0.351 e. The van der Waals surface area contributed by atoms with Gasteiger partial charge in [-0.2, -0.15) is 0 Å². The Morgan fingerprint density at radius 1 is 1.00 bits per heavy atom. The molecule has 3 N–H and O–H groups in total. The monoisotopic (exact) mass is 479 g/mol. The number of pyridine rings is 1. The van der Waals surface area contributed by atoms with Crippen molar-refractivity contribution in [2.24, 2.45) is 0 Å². The van der Waals surface area contributed by atoms with Gasteiger partial charge in [0.2, 0.25) is 0 Å². The smallest absolute Gasteiger partial charge is 0.280 e. The van der Waals surface area contributed by atoms with Crippen LogP contribution in [0.25, 0.3) is 21.3 Å². The molecule has 3 aromatic heterocycles. The van der Waals surface area contributed by atoms with Crippen LogP contribution in [0.4, 0.5) is 0 Å². The van der Waals surface area contributed by atoms with Crippen molar-refractivity contribution in [3.05, 3.63) is 70.7 Å². The molecular weight excluding hydrogens is 458 g/mol. The van der Waals surface area contributed by atoms with Crippen LogP contribution in [-0.2, 0) is 0 Å². The molecule has 3 heterocycles. The van der Waals surface area contributed by atoms with Crippen LogP contribution in [0.2, 0.25) is 5.02 Å². The number of carbonyl (C=O) groups is 2. The highest BCUT2D eigenvalue weighted by Crippen LogP contribution is 2.26. The lowest BCUT2D eigenvalue weighted by molar-refractivity contribution is 0.0860. The molecule has 1 aliphatic carbocycles. The lowest BCUT2D eigenvalue weighted by atomic mass is 9.90. The van der Waals surface area contributed by atoms with Crippen molar-refractivity contribution in [2.45, 2.75) is 37.8 Å². The Morgan fingerprint density at radius 3 is 2.48 bits per heavy atom. The first-order chi connectivity index (χ1) is 16.1. The van der Waals surface area contributed by atoms with Gasteiger partial charge in [-0.25, -0.2) is 4.98 Å². The van der Waals surface area contributed by atoms with E-state index >= 15 is 0 Å². The summed E-state index contributed by atoms with van der Waals surface area (Å²) in [5.74, 6) is -0.408. The minimum atomic E-state index is -0.216. The zero-order valence-corrected chi connectivity index (χ0v) is 19.2. The third-order valence-electron chi connectivity index (χ3n) is 5.89. The van der Waals surface area contributed by atoms with Crippen molar-refractivity contribution < 1.29 is 9.59 Å². The Labute approximate surface area is 199 Å². The summed E-state index contributed by atoms with van der Waals surface area (Å²) in [5.41, 5.74) is 2.31. The number of nitrogens with zero attached hydrogens (tertiary/aromatic N) is 2. The van der Waals surface area contributed by atoms with Crippen LogP contribution < -0.4 is 10.6 Å². The molecule has 1 aliphatic rings. The molecule has 2 amide bonds. The second-order valence-electron chi connectivity index (χ2n) is 8.12. The van der Waals surface area contributed by atoms with Crippen molar-refractivity contribution >= 4 is 45.7 Å². The maximum atomic E-state index is 12.9. The normalized spacial score (nSPS) is 18.2. The molecule has 0 spiro atoms. The molecule has 1 saturated carbocycles. The summed E-state index contributed by atoms with van der Waals surface area (Å²) in [5, 5.41) is 8.12. The van der Waals surface area contributed by atoms with Gasteiger partial charge in [0, 0.05) is 46.6 Å². The first kappa shape index (κ1) is 21.6. The number of nitrogens with one attached hydrogen (secondary N) is 3. The molecule has 0 aliphatic heterocycles. The van der Waals surface area contributed by atoms with Gasteiger partial charge < -0.3 is 15.6 Å². The van der Waals surface area contributed by atoms with E-state index in [2.05, 4.69) is 25.6 Å². The number of thiazole rings is 1. The van der Waals surface area contributed by atoms with Gasteiger partial charge in [-0.1, -0.05) is 24.4 Å². The highest BCUT2D eigenvalue weighted by Gasteiger charge is 2.29. The number of carbonyl (C=O) groups excluding carboxylic acids is 2.